The summed E-state index contributed by atoms with van der Waals surface area (Å²) in [5, 5.41) is 42.5. The van der Waals surface area contributed by atoms with Crippen LogP contribution in [0.2, 0.25) is 0 Å². The number of ether oxygens (including phenoxy) is 2. The van der Waals surface area contributed by atoms with Crippen molar-refractivity contribution in [1.82, 2.24) is 0 Å². The van der Waals surface area contributed by atoms with Crippen LogP contribution in [0.5, 0.6) is 0 Å². The average Bonchev–Trinajstić information content (AvgIpc) is 2.63. The molecule has 10 nitrogen and oxygen atoms in total. The number of carbonyl (C=O) groups excluding carboxylic acids is 4. The Morgan fingerprint density at radius 3 is 1.68 bits per heavy atom. The lowest BCUT2D eigenvalue weighted by Gasteiger charge is -2.38. The third-order valence-corrected chi connectivity index (χ3v) is 3.89. The molecule has 0 aliphatic heterocycles. The van der Waals surface area contributed by atoms with Crippen LogP contribution in [-0.2, 0) is 28.7 Å². The second kappa shape index (κ2) is 12.6. The summed E-state index contributed by atoms with van der Waals surface area (Å²) >= 11 is 0. The number of aliphatic carboxylic acids is 2. The largest absolute Gasteiger partial charge is 0.550 e. The maximum Gasteiger partial charge on any atom is 0.330 e. The Kier molecular flexibility index (Phi) is 11.4. The maximum atomic E-state index is 11.8. The quantitative estimate of drug-likeness (QED) is 0.223. The Balaban J connectivity index is 5.26. The van der Waals surface area contributed by atoms with Crippen molar-refractivity contribution < 1.29 is 49.1 Å². The third kappa shape index (κ3) is 9.83. The number of carboxylic acids is 2. The fraction of sp³-hybridized carbons (Fsp3) is 0.556. The first kappa shape index (κ1) is 25.3. The molecule has 0 aromatic carbocycles. The zero-order valence-corrected chi connectivity index (χ0v) is 15.3. The molecule has 0 saturated carbocycles. The molecule has 2 unspecified atom stereocenters. The number of rotatable bonds is 15. The Hall–Kier alpha value is -2.72. The topological polar surface area (TPSA) is 173 Å². The van der Waals surface area contributed by atoms with E-state index >= 15 is 0 Å². The van der Waals surface area contributed by atoms with Crippen molar-refractivity contribution in [1.29, 1.82) is 0 Å². The summed E-state index contributed by atoms with van der Waals surface area (Å²) in [5.74, 6) is -4.69. The van der Waals surface area contributed by atoms with E-state index in [1.54, 1.807) is 0 Å². The molecule has 0 aromatic rings. The Morgan fingerprint density at radius 1 is 0.929 bits per heavy atom. The van der Waals surface area contributed by atoms with E-state index in [0.717, 1.165) is 12.2 Å². The van der Waals surface area contributed by atoms with Gasteiger partial charge in [-0.2, -0.15) is 0 Å². The van der Waals surface area contributed by atoms with Gasteiger partial charge in [-0.3, -0.25) is 0 Å². The number of carbonyl (C=O) groups is 4. The van der Waals surface area contributed by atoms with Crippen LogP contribution in [0.3, 0.4) is 0 Å². The first-order chi connectivity index (χ1) is 13.1. The van der Waals surface area contributed by atoms with Crippen molar-refractivity contribution in [3.8, 4) is 0 Å². The molecule has 0 saturated heterocycles. The standard InChI is InChI=1S/C18H26O10/c1-3-15(23)27-10-12(19)8-18(17(25)26,7-5-6-14(21)22)9-13(20)11-28-16(24)4-2/h3-4,12-13,19-20H,1-2,5-11H2,(H,21,22)(H,25,26)/p-2. The van der Waals surface area contributed by atoms with Crippen LogP contribution in [0, 0.1) is 5.41 Å². The highest BCUT2D eigenvalue weighted by molar-refractivity contribution is 5.81. The molecular formula is C18H24O10-2. The van der Waals surface area contributed by atoms with E-state index in [2.05, 4.69) is 22.6 Å². The van der Waals surface area contributed by atoms with E-state index in [-0.39, 0.29) is 12.8 Å². The Labute approximate surface area is 162 Å². The van der Waals surface area contributed by atoms with Crippen molar-refractivity contribution in [3.63, 3.8) is 0 Å². The molecule has 0 aliphatic rings. The predicted molar refractivity (Wildman–Crippen MR) is 89.9 cm³/mol. The zero-order valence-electron chi connectivity index (χ0n) is 15.3. The number of hydrogen-bond donors (Lipinski definition) is 2. The Morgan fingerprint density at radius 2 is 1.36 bits per heavy atom. The zero-order chi connectivity index (χ0) is 21.7. The first-order valence-electron chi connectivity index (χ1n) is 8.42. The van der Waals surface area contributed by atoms with Crippen LogP contribution in [-0.4, -0.2) is 59.5 Å². The molecule has 158 valence electrons. The lowest BCUT2D eigenvalue weighted by Crippen LogP contribution is -2.47. The van der Waals surface area contributed by atoms with Gasteiger partial charge in [-0.1, -0.05) is 13.2 Å². The average molecular weight is 400 g/mol. The molecule has 0 rings (SSSR count). The Bertz CT molecular complexity index is 551. The van der Waals surface area contributed by atoms with E-state index in [1.165, 1.54) is 0 Å². The second-order valence-electron chi connectivity index (χ2n) is 6.18. The molecule has 0 amide bonds. The van der Waals surface area contributed by atoms with Crippen LogP contribution in [0.4, 0.5) is 0 Å². The van der Waals surface area contributed by atoms with Gasteiger partial charge >= 0.3 is 11.9 Å². The minimum atomic E-state index is -1.87. The van der Waals surface area contributed by atoms with Crippen LogP contribution >= 0.6 is 0 Å². The molecule has 10 heteroatoms. The molecule has 0 radical (unpaired) electrons. The molecule has 2 atom stereocenters. The molecule has 0 aromatic heterocycles. The van der Waals surface area contributed by atoms with Crippen LogP contribution in [0.25, 0.3) is 0 Å². The summed E-state index contributed by atoms with van der Waals surface area (Å²) in [6, 6.07) is 0. The number of esters is 2. The minimum Gasteiger partial charge on any atom is -0.550 e. The van der Waals surface area contributed by atoms with Gasteiger partial charge in [-0.15, -0.1) is 0 Å². The number of aliphatic hydroxyl groups is 2. The van der Waals surface area contributed by atoms with E-state index < -0.39 is 74.0 Å². The van der Waals surface area contributed by atoms with Crippen LogP contribution in [0.15, 0.2) is 25.3 Å². The van der Waals surface area contributed by atoms with E-state index in [1.807, 2.05) is 0 Å². The molecule has 0 aliphatic carbocycles. The van der Waals surface area contributed by atoms with Gasteiger partial charge in [0.15, 0.2) is 0 Å². The van der Waals surface area contributed by atoms with Crippen molar-refractivity contribution >= 4 is 23.9 Å². The van der Waals surface area contributed by atoms with E-state index in [9.17, 15) is 39.6 Å². The smallest absolute Gasteiger partial charge is 0.330 e. The number of carboxylic acid groups (broad SMARTS) is 2. The van der Waals surface area contributed by atoms with Gasteiger partial charge in [0.2, 0.25) is 0 Å². The highest BCUT2D eigenvalue weighted by Crippen LogP contribution is 2.35. The van der Waals surface area contributed by atoms with Crippen molar-refractivity contribution in [2.75, 3.05) is 13.2 Å². The summed E-state index contributed by atoms with van der Waals surface area (Å²) in [5.41, 5.74) is -1.87. The van der Waals surface area contributed by atoms with Gasteiger partial charge in [0, 0.05) is 29.5 Å². The SMILES string of the molecule is C=CC(=O)OCC(O)CC(CCCC(=O)[O-])(CC(O)COC(=O)C=C)C(=O)[O-]. The molecule has 28 heavy (non-hydrogen) atoms. The fourth-order valence-electron chi connectivity index (χ4n) is 2.62. The summed E-state index contributed by atoms with van der Waals surface area (Å²) in [4.78, 5) is 44.6. The first-order valence-corrected chi connectivity index (χ1v) is 8.42. The van der Waals surface area contributed by atoms with Gasteiger partial charge in [-0.25, -0.2) is 9.59 Å². The normalized spacial score (nSPS) is 14.8. The molecule has 0 fully saturated rings. The van der Waals surface area contributed by atoms with Gasteiger partial charge in [0.25, 0.3) is 0 Å². The van der Waals surface area contributed by atoms with Crippen LogP contribution in [0.1, 0.15) is 32.1 Å². The van der Waals surface area contributed by atoms with Crippen molar-refractivity contribution in [2.24, 2.45) is 5.41 Å². The van der Waals surface area contributed by atoms with Crippen LogP contribution < -0.4 is 10.2 Å². The molecular weight excluding hydrogens is 376 g/mol. The second-order valence-corrected chi connectivity index (χ2v) is 6.18. The lowest BCUT2D eigenvalue weighted by atomic mass is 9.73. The number of aliphatic hydroxyl groups excluding tert-OH is 2. The van der Waals surface area contributed by atoms with Gasteiger partial charge in [-0.05, 0) is 32.1 Å². The predicted octanol–water partition coefficient (Wildman–Crippen LogP) is -2.40. The summed E-state index contributed by atoms with van der Waals surface area (Å²) in [6.45, 7) is 5.27. The molecule has 2 N–H and O–H groups in total. The van der Waals surface area contributed by atoms with E-state index in [4.69, 9.17) is 0 Å². The summed E-state index contributed by atoms with van der Waals surface area (Å²) in [6.07, 6.45) is -3.01. The molecule has 0 heterocycles. The maximum absolute atomic E-state index is 11.8. The molecule has 0 spiro atoms. The number of hydrogen-bond acceptors (Lipinski definition) is 10. The highest BCUT2D eigenvalue weighted by atomic mass is 16.5. The monoisotopic (exact) mass is 400 g/mol. The highest BCUT2D eigenvalue weighted by Gasteiger charge is 2.36. The fourth-order valence-corrected chi connectivity index (χ4v) is 2.62. The van der Waals surface area contributed by atoms with Gasteiger partial charge < -0.3 is 39.5 Å². The van der Waals surface area contributed by atoms with Crippen molar-refractivity contribution in [3.05, 3.63) is 25.3 Å². The van der Waals surface area contributed by atoms with E-state index in [0.29, 0.717) is 0 Å². The van der Waals surface area contributed by atoms with Gasteiger partial charge in [0.05, 0.1) is 12.2 Å². The lowest BCUT2D eigenvalue weighted by molar-refractivity contribution is -0.323. The molecule has 0 bridgehead atoms. The minimum absolute atomic E-state index is 0.130. The summed E-state index contributed by atoms with van der Waals surface area (Å²) < 4.78 is 9.30. The van der Waals surface area contributed by atoms with Crippen molar-refractivity contribution in [2.45, 2.75) is 44.3 Å². The van der Waals surface area contributed by atoms with Gasteiger partial charge in [0.1, 0.15) is 13.2 Å². The third-order valence-electron chi connectivity index (χ3n) is 3.89. The summed E-state index contributed by atoms with van der Waals surface area (Å²) in [7, 11) is 0.